The fourth-order valence-electron chi connectivity index (χ4n) is 3.33. The van der Waals surface area contributed by atoms with E-state index in [4.69, 9.17) is 11.6 Å². The molecule has 1 nitrogen and oxygen atoms in total. The molecule has 1 aliphatic heterocycles. The maximum Gasteiger partial charge on any atom is 0.0443 e. The molecule has 0 bridgehead atoms. The minimum Gasteiger partial charge on any atom is -0.341 e. The third-order valence-corrected chi connectivity index (χ3v) is 4.76. The molecular weight excluding hydrogens is 290 g/mol. The lowest BCUT2D eigenvalue weighted by molar-refractivity contribution is 0.670. The van der Waals surface area contributed by atoms with E-state index in [-0.39, 0.29) is 0 Å². The van der Waals surface area contributed by atoms with Crippen LogP contribution >= 0.6 is 11.6 Å². The quantitative estimate of drug-likeness (QED) is 0.487. The predicted octanol–water partition coefficient (Wildman–Crippen LogP) is 5.72. The molecule has 1 aliphatic rings. The first-order chi connectivity index (χ1) is 10.9. The normalized spacial score (nSPS) is 13.4. The second-order valence-corrected chi connectivity index (χ2v) is 6.39. The average molecular weight is 314 g/mol. The second-order valence-electron chi connectivity index (χ2n) is 6.01. The molecule has 0 atom stereocenters. The zero-order valence-electron chi connectivity index (χ0n) is 13.1. The molecule has 0 saturated heterocycles. The molecule has 0 N–H and O–H groups in total. The Balaban J connectivity index is 1.82. The molecule has 0 radical (unpaired) electrons. The van der Waals surface area contributed by atoms with Crippen molar-refractivity contribution in [3.8, 4) is 0 Å². The van der Waals surface area contributed by atoms with Gasteiger partial charge in [-0.15, -0.1) is 11.6 Å². The first-order valence-corrected chi connectivity index (χ1v) is 8.93. The van der Waals surface area contributed by atoms with E-state index in [1.54, 1.807) is 0 Å². The Bertz CT molecular complexity index is 561. The van der Waals surface area contributed by atoms with Gasteiger partial charge in [0.15, 0.2) is 0 Å². The molecule has 0 aliphatic carbocycles. The maximum absolute atomic E-state index is 5.77. The topological polar surface area (TPSA) is 3.24 Å². The summed E-state index contributed by atoms with van der Waals surface area (Å²) >= 11 is 5.77. The van der Waals surface area contributed by atoms with E-state index in [0.29, 0.717) is 0 Å². The van der Waals surface area contributed by atoms with Crippen molar-refractivity contribution in [1.82, 2.24) is 0 Å². The molecule has 2 aromatic carbocycles. The zero-order valence-corrected chi connectivity index (χ0v) is 13.9. The first-order valence-electron chi connectivity index (χ1n) is 8.39. The van der Waals surface area contributed by atoms with Gasteiger partial charge in [0.2, 0.25) is 0 Å². The van der Waals surface area contributed by atoms with Crippen molar-refractivity contribution in [2.75, 3.05) is 17.3 Å². The Labute approximate surface area is 138 Å². The van der Waals surface area contributed by atoms with Gasteiger partial charge in [0.1, 0.15) is 0 Å². The molecule has 116 valence electrons. The number of rotatable bonds is 6. The van der Waals surface area contributed by atoms with Gasteiger partial charge in [-0.25, -0.2) is 0 Å². The first kappa shape index (κ1) is 15.4. The number of para-hydroxylation sites is 2. The molecular formula is C20H24ClN. The Morgan fingerprint density at radius 1 is 0.727 bits per heavy atom. The molecule has 0 spiro atoms. The van der Waals surface area contributed by atoms with E-state index in [1.165, 1.54) is 41.8 Å². The number of anilines is 2. The monoisotopic (exact) mass is 313 g/mol. The Morgan fingerprint density at radius 3 is 1.86 bits per heavy atom. The van der Waals surface area contributed by atoms with Crippen molar-refractivity contribution in [2.24, 2.45) is 0 Å². The maximum atomic E-state index is 5.77. The van der Waals surface area contributed by atoms with E-state index in [0.717, 1.165) is 31.7 Å². The Hall–Kier alpha value is -1.47. The van der Waals surface area contributed by atoms with Gasteiger partial charge in [-0.05, 0) is 48.9 Å². The summed E-state index contributed by atoms with van der Waals surface area (Å²) in [5, 5.41) is 0. The second kappa shape index (κ2) is 7.69. The van der Waals surface area contributed by atoms with Gasteiger partial charge < -0.3 is 4.90 Å². The summed E-state index contributed by atoms with van der Waals surface area (Å²) in [6.45, 7) is 1.09. The molecule has 2 aromatic rings. The van der Waals surface area contributed by atoms with Crippen LogP contribution in [0, 0.1) is 0 Å². The van der Waals surface area contributed by atoms with Crippen molar-refractivity contribution in [3.63, 3.8) is 0 Å². The average Bonchev–Trinajstić information content (AvgIpc) is 2.72. The third kappa shape index (κ3) is 3.47. The fraction of sp³-hybridized carbons (Fsp3) is 0.400. The number of hydrogen-bond donors (Lipinski definition) is 0. The lowest BCUT2D eigenvalue weighted by Gasteiger charge is -2.27. The molecule has 0 unspecified atom stereocenters. The van der Waals surface area contributed by atoms with Crippen LogP contribution in [0.3, 0.4) is 0 Å². The summed E-state index contributed by atoms with van der Waals surface area (Å²) in [6, 6.07) is 17.7. The third-order valence-electron chi connectivity index (χ3n) is 4.49. The van der Waals surface area contributed by atoms with Crippen molar-refractivity contribution in [2.45, 2.75) is 38.5 Å². The van der Waals surface area contributed by atoms with E-state index >= 15 is 0 Å². The molecule has 0 amide bonds. The van der Waals surface area contributed by atoms with Gasteiger partial charge in [0.05, 0.1) is 0 Å². The molecule has 0 aromatic heterocycles. The molecule has 0 fully saturated rings. The standard InChI is InChI=1S/C20H24ClN/c21-15-7-1-2-8-16-22-19-11-5-3-9-17(19)13-14-18-10-4-6-12-20(18)22/h3-6,9-12H,1-2,7-8,13-16H2. The number of hydrogen-bond acceptors (Lipinski definition) is 1. The Kier molecular flexibility index (Phi) is 5.39. The predicted molar refractivity (Wildman–Crippen MR) is 96.5 cm³/mol. The molecule has 0 saturated carbocycles. The lowest BCUT2D eigenvalue weighted by atomic mass is 10.0. The van der Waals surface area contributed by atoms with Crippen LogP contribution in [-0.4, -0.2) is 12.4 Å². The van der Waals surface area contributed by atoms with Gasteiger partial charge in [-0.1, -0.05) is 49.2 Å². The molecule has 22 heavy (non-hydrogen) atoms. The smallest absolute Gasteiger partial charge is 0.0443 e. The van der Waals surface area contributed by atoms with E-state index in [9.17, 15) is 0 Å². The van der Waals surface area contributed by atoms with Gasteiger partial charge in [0.25, 0.3) is 0 Å². The number of benzene rings is 2. The molecule has 3 rings (SSSR count). The van der Waals surface area contributed by atoms with Crippen molar-refractivity contribution >= 4 is 23.0 Å². The summed E-state index contributed by atoms with van der Waals surface area (Å²) < 4.78 is 0. The highest BCUT2D eigenvalue weighted by molar-refractivity contribution is 6.17. The molecule has 1 heterocycles. The van der Waals surface area contributed by atoms with Crippen molar-refractivity contribution in [3.05, 3.63) is 59.7 Å². The number of halogens is 1. The SMILES string of the molecule is ClCCCCCCN1c2ccccc2CCc2ccccc21. The van der Waals surface area contributed by atoms with Gasteiger partial charge in [-0.2, -0.15) is 0 Å². The largest absolute Gasteiger partial charge is 0.341 e. The highest BCUT2D eigenvalue weighted by atomic mass is 35.5. The zero-order chi connectivity index (χ0) is 15.2. The number of alkyl halides is 1. The van der Waals surface area contributed by atoms with Gasteiger partial charge in [-0.3, -0.25) is 0 Å². The van der Waals surface area contributed by atoms with Gasteiger partial charge in [0, 0.05) is 23.8 Å². The number of unbranched alkanes of at least 4 members (excludes halogenated alkanes) is 3. The van der Waals surface area contributed by atoms with E-state index in [1.807, 2.05) is 0 Å². The van der Waals surface area contributed by atoms with Crippen molar-refractivity contribution < 1.29 is 0 Å². The van der Waals surface area contributed by atoms with E-state index in [2.05, 4.69) is 53.4 Å². The van der Waals surface area contributed by atoms with E-state index < -0.39 is 0 Å². The van der Waals surface area contributed by atoms with Crippen LogP contribution in [0.5, 0.6) is 0 Å². The van der Waals surface area contributed by atoms with Crippen LogP contribution < -0.4 is 4.90 Å². The summed E-state index contributed by atoms with van der Waals surface area (Å²) in [4.78, 5) is 2.53. The van der Waals surface area contributed by atoms with Crippen LogP contribution in [0.15, 0.2) is 48.5 Å². The highest BCUT2D eigenvalue weighted by Crippen LogP contribution is 2.35. The van der Waals surface area contributed by atoms with Crippen LogP contribution in [0.1, 0.15) is 36.8 Å². The summed E-state index contributed by atoms with van der Waals surface area (Å²) in [5.41, 5.74) is 5.73. The highest BCUT2D eigenvalue weighted by Gasteiger charge is 2.19. The minimum atomic E-state index is 0.787. The number of nitrogens with zero attached hydrogens (tertiary/aromatic N) is 1. The Morgan fingerprint density at radius 2 is 1.27 bits per heavy atom. The van der Waals surface area contributed by atoms with Crippen LogP contribution in [-0.2, 0) is 12.8 Å². The minimum absolute atomic E-state index is 0.787. The lowest BCUT2D eigenvalue weighted by Crippen LogP contribution is -2.19. The summed E-state index contributed by atoms with van der Waals surface area (Å²) in [6.07, 6.45) is 7.12. The number of aryl methyl sites for hydroxylation is 2. The van der Waals surface area contributed by atoms with Crippen LogP contribution in [0.2, 0.25) is 0 Å². The summed E-state index contributed by atoms with van der Waals surface area (Å²) in [5.74, 6) is 0.787. The van der Waals surface area contributed by atoms with Crippen LogP contribution in [0.25, 0.3) is 0 Å². The number of fused-ring (bicyclic) bond motifs is 2. The van der Waals surface area contributed by atoms with Crippen LogP contribution in [0.4, 0.5) is 11.4 Å². The van der Waals surface area contributed by atoms with Gasteiger partial charge >= 0.3 is 0 Å². The fourth-order valence-corrected chi connectivity index (χ4v) is 3.52. The summed E-state index contributed by atoms with van der Waals surface area (Å²) in [7, 11) is 0. The van der Waals surface area contributed by atoms with Crippen molar-refractivity contribution in [1.29, 1.82) is 0 Å². The molecule has 2 heteroatoms.